The first-order chi connectivity index (χ1) is 11.6. The molecular formula is C18H15FN4O. The Labute approximate surface area is 138 Å². The van der Waals surface area contributed by atoms with E-state index in [2.05, 4.69) is 20.8 Å². The summed E-state index contributed by atoms with van der Waals surface area (Å²) < 4.78 is 13.6. The molecule has 0 radical (unpaired) electrons. The molecule has 6 heteroatoms. The molecule has 0 bridgehead atoms. The van der Waals surface area contributed by atoms with E-state index in [9.17, 15) is 9.18 Å². The Morgan fingerprint density at radius 2 is 1.58 bits per heavy atom. The van der Waals surface area contributed by atoms with Gasteiger partial charge in [0.2, 0.25) is 0 Å². The lowest BCUT2D eigenvalue weighted by atomic mass is 10.1. The Morgan fingerprint density at radius 3 is 2.29 bits per heavy atom. The highest BCUT2D eigenvalue weighted by Crippen LogP contribution is 2.18. The zero-order valence-electron chi connectivity index (χ0n) is 13.0. The highest BCUT2D eigenvalue weighted by molar-refractivity contribution is 6.04. The number of anilines is 3. The molecular weight excluding hydrogens is 307 g/mol. The summed E-state index contributed by atoms with van der Waals surface area (Å²) in [6, 6.07) is 16.8. The molecule has 120 valence electrons. The van der Waals surface area contributed by atoms with E-state index in [0.29, 0.717) is 22.9 Å². The Kier molecular flexibility index (Phi) is 4.47. The fourth-order valence-electron chi connectivity index (χ4n) is 2.18. The number of aromatic nitrogens is 2. The molecule has 2 aromatic carbocycles. The van der Waals surface area contributed by atoms with Crippen molar-refractivity contribution in [1.29, 1.82) is 0 Å². The van der Waals surface area contributed by atoms with E-state index in [-0.39, 0.29) is 11.7 Å². The summed E-state index contributed by atoms with van der Waals surface area (Å²) in [7, 11) is 0. The number of benzene rings is 2. The van der Waals surface area contributed by atoms with E-state index in [1.54, 1.807) is 42.5 Å². The standard InChI is InChI=1S/C18H15FN4O/c1-12-6-2-3-7-13(12)18(24)21-17-11-10-16(22-23-17)20-15-9-5-4-8-14(15)19/h2-11H,1H3,(H,20,22)(H,21,23,24). The number of hydrogen-bond acceptors (Lipinski definition) is 4. The van der Waals surface area contributed by atoms with Crippen LogP contribution in [0.15, 0.2) is 60.7 Å². The summed E-state index contributed by atoms with van der Waals surface area (Å²) >= 11 is 0. The van der Waals surface area contributed by atoms with Crippen LogP contribution in [0.3, 0.4) is 0 Å². The number of halogens is 1. The van der Waals surface area contributed by atoms with Crippen LogP contribution in [0.2, 0.25) is 0 Å². The number of nitrogens with zero attached hydrogens (tertiary/aromatic N) is 2. The monoisotopic (exact) mass is 322 g/mol. The lowest BCUT2D eigenvalue weighted by Gasteiger charge is -2.08. The largest absolute Gasteiger partial charge is 0.336 e. The molecule has 0 spiro atoms. The van der Waals surface area contributed by atoms with Crippen molar-refractivity contribution in [3.05, 3.63) is 77.6 Å². The van der Waals surface area contributed by atoms with Gasteiger partial charge in [0.05, 0.1) is 5.69 Å². The number of carbonyl (C=O) groups excluding carboxylic acids is 1. The van der Waals surface area contributed by atoms with Crippen LogP contribution < -0.4 is 10.6 Å². The van der Waals surface area contributed by atoms with Gasteiger partial charge in [-0.15, -0.1) is 10.2 Å². The molecule has 1 heterocycles. The molecule has 0 atom stereocenters. The van der Waals surface area contributed by atoms with Gasteiger partial charge in [0.15, 0.2) is 11.6 Å². The van der Waals surface area contributed by atoms with Crippen LogP contribution in [0.4, 0.5) is 21.7 Å². The predicted octanol–water partition coefficient (Wildman–Crippen LogP) is 3.92. The van der Waals surface area contributed by atoms with Gasteiger partial charge in [-0.3, -0.25) is 4.79 Å². The minimum Gasteiger partial charge on any atom is -0.336 e. The molecule has 0 aliphatic carbocycles. The van der Waals surface area contributed by atoms with Gasteiger partial charge < -0.3 is 10.6 Å². The molecule has 0 aliphatic heterocycles. The molecule has 24 heavy (non-hydrogen) atoms. The third-order valence-electron chi connectivity index (χ3n) is 3.43. The molecule has 2 N–H and O–H groups in total. The number of amides is 1. The van der Waals surface area contributed by atoms with Crippen LogP contribution in [0.1, 0.15) is 15.9 Å². The SMILES string of the molecule is Cc1ccccc1C(=O)Nc1ccc(Nc2ccccc2F)nn1. The maximum Gasteiger partial charge on any atom is 0.257 e. The lowest BCUT2D eigenvalue weighted by Crippen LogP contribution is -2.14. The van der Waals surface area contributed by atoms with Crippen LogP contribution in [0, 0.1) is 12.7 Å². The summed E-state index contributed by atoms with van der Waals surface area (Å²) in [5, 5.41) is 13.4. The van der Waals surface area contributed by atoms with E-state index in [0.717, 1.165) is 5.56 Å². The fraction of sp³-hybridized carbons (Fsp3) is 0.0556. The summed E-state index contributed by atoms with van der Waals surface area (Å²) in [6.45, 7) is 1.86. The Hall–Kier alpha value is -3.28. The molecule has 3 aromatic rings. The highest BCUT2D eigenvalue weighted by atomic mass is 19.1. The summed E-state index contributed by atoms with van der Waals surface area (Å²) in [4.78, 5) is 12.2. The van der Waals surface area contributed by atoms with Crippen molar-refractivity contribution < 1.29 is 9.18 Å². The zero-order chi connectivity index (χ0) is 16.9. The van der Waals surface area contributed by atoms with E-state index in [4.69, 9.17) is 0 Å². The molecule has 5 nitrogen and oxygen atoms in total. The number of aryl methyl sites for hydroxylation is 1. The maximum absolute atomic E-state index is 13.6. The third-order valence-corrected chi connectivity index (χ3v) is 3.43. The molecule has 1 aromatic heterocycles. The fourth-order valence-corrected chi connectivity index (χ4v) is 2.18. The molecule has 1 amide bonds. The van der Waals surface area contributed by atoms with Crippen LogP contribution in [0.25, 0.3) is 0 Å². The van der Waals surface area contributed by atoms with Crippen molar-refractivity contribution in [2.75, 3.05) is 10.6 Å². The average molecular weight is 322 g/mol. The van der Waals surface area contributed by atoms with Crippen molar-refractivity contribution in [3.8, 4) is 0 Å². The summed E-state index contributed by atoms with van der Waals surface area (Å²) in [6.07, 6.45) is 0. The first-order valence-corrected chi connectivity index (χ1v) is 7.36. The van der Waals surface area contributed by atoms with E-state index < -0.39 is 0 Å². The molecule has 0 saturated heterocycles. The normalized spacial score (nSPS) is 10.2. The molecule has 0 fully saturated rings. The first-order valence-electron chi connectivity index (χ1n) is 7.36. The third kappa shape index (κ3) is 3.55. The van der Waals surface area contributed by atoms with Gasteiger partial charge >= 0.3 is 0 Å². The van der Waals surface area contributed by atoms with Gasteiger partial charge in [0.25, 0.3) is 5.91 Å². The molecule has 0 aliphatic rings. The van der Waals surface area contributed by atoms with Crippen LogP contribution in [0.5, 0.6) is 0 Å². The van der Waals surface area contributed by atoms with E-state index >= 15 is 0 Å². The second-order valence-corrected chi connectivity index (χ2v) is 5.18. The number of hydrogen-bond donors (Lipinski definition) is 2. The second-order valence-electron chi connectivity index (χ2n) is 5.18. The second kappa shape index (κ2) is 6.87. The Balaban J connectivity index is 1.70. The van der Waals surface area contributed by atoms with Crippen molar-refractivity contribution in [3.63, 3.8) is 0 Å². The van der Waals surface area contributed by atoms with Crippen molar-refractivity contribution >= 4 is 23.2 Å². The number of rotatable bonds is 4. The minimum absolute atomic E-state index is 0.253. The summed E-state index contributed by atoms with van der Waals surface area (Å²) in [5.74, 6) is 0.0739. The molecule has 0 saturated carbocycles. The van der Waals surface area contributed by atoms with Crippen molar-refractivity contribution in [2.24, 2.45) is 0 Å². The Morgan fingerprint density at radius 1 is 0.917 bits per heavy atom. The van der Waals surface area contributed by atoms with Gasteiger partial charge in [-0.2, -0.15) is 0 Å². The van der Waals surface area contributed by atoms with Gasteiger partial charge in [0, 0.05) is 5.56 Å². The number of para-hydroxylation sites is 1. The predicted molar refractivity (Wildman–Crippen MR) is 90.8 cm³/mol. The Bertz CT molecular complexity index is 865. The number of carbonyl (C=O) groups is 1. The minimum atomic E-state index is -0.378. The quantitative estimate of drug-likeness (QED) is 0.764. The van der Waals surface area contributed by atoms with Gasteiger partial charge in [-0.25, -0.2) is 4.39 Å². The first kappa shape index (κ1) is 15.6. The zero-order valence-corrected chi connectivity index (χ0v) is 13.0. The van der Waals surface area contributed by atoms with Crippen LogP contribution in [-0.4, -0.2) is 16.1 Å². The maximum atomic E-state index is 13.6. The molecule has 0 unspecified atom stereocenters. The number of nitrogens with one attached hydrogen (secondary N) is 2. The smallest absolute Gasteiger partial charge is 0.257 e. The van der Waals surface area contributed by atoms with E-state index in [1.165, 1.54) is 6.07 Å². The highest BCUT2D eigenvalue weighted by Gasteiger charge is 2.09. The van der Waals surface area contributed by atoms with Crippen LogP contribution >= 0.6 is 0 Å². The van der Waals surface area contributed by atoms with Gasteiger partial charge in [0.1, 0.15) is 5.82 Å². The lowest BCUT2D eigenvalue weighted by molar-refractivity contribution is 0.102. The van der Waals surface area contributed by atoms with Crippen molar-refractivity contribution in [2.45, 2.75) is 6.92 Å². The van der Waals surface area contributed by atoms with Gasteiger partial charge in [-0.05, 0) is 42.8 Å². The van der Waals surface area contributed by atoms with E-state index in [1.807, 2.05) is 19.1 Å². The average Bonchev–Trinajstić information content (AvgIpc) is 2.59. The summed E-state index contributed by atoms with van der Waals surface area (Å²) in [5.41, 5.74) is 1.76. The van der Waals surface area contributed by atoms with Crippen molar-refractivity contribution in [1.82, 2.24) is 10.2 Å². The van der Waals surface area contributed by atoms with Crippen LogP contribution in [-0.2, 0) is 0 Å². The van der Waals surface area contributed by atoms with Gasteiger partial charge in [-0.1, -0.05) is 30.3 Å². The molecule has 3 rings (SSSR count). The topological polar surface area (TPSA) is 66.9 Å².